The predicted molar refractivity (Wildman–Crippen MR) is 59.5 cm³/mol. The maximum Gasteiger partial charge on any atom is 0.131 e. The van der Waals surface area contributed by atoms with Gasteiger partial charge in [-0.2, -0.15) is 0 Å². The Morgan fingerprint density at radius 3 is 2.60 bits per heavy atom. The van der Waals surface area contributed by atoms with Crippen molar-refractivity contribution in [3.8, 4) is 0 Å². The number of aryl methyl sites for hydroxylation is 1. The van der Waals surface area contributed by atoms with E-state index < -0.39 is 0 Å². The first-order valence-corrected chi connectivity index (χ1v) is 5.15. The van der Waals surface area contributed by atoms with E-state index in [1.807, 2.05) is 27.0 Å². The van der Waals surface area contributed by atoms with Crippen LogP contribution in [0.3, 0.4) is 0 Å². The normalized spacial score (nSPS) is 15.0. The smallest absolute Gasteiger partial charge is 0.131 e. The van der Waals surface area contributed by atoms with Gasteiger partial charge in [0.25, 0.3) is 0 Å². The summed E-state index contributed by atoms with van der Waals surface area (Å²) in [5.74, 6) is 0.811. The predicted octanol–water partition coefficient (Wildman–Crippen LogP) is 1.38. The first kappa shape index (κ1) is 12.1. The summed E-state index contributed by atoms with van der Waals surface area (Å²) in [6, 6.07) is -0.0149. The van der Waals surface area contributed by atoms with Crippen molar-refractivity contribution >= 4 is 0 Å². The zero-order chi connectivity index (χ0) is 11.4. The third kappa shape index (κ3) is 3.25. The molecule has 1 rings (SSSR count). The molecule has 0 saturated carbocycles. The van der Waals surface area contributed by atoms with E-state index in [0.717, 1.165) is 23.5 Å². The van der Waals surface area contributed by atoms with Crippen LogP contribution in [0.25, 0.3) is 0 Å². The standard InChI is InChI=1S/C11H19N3O/c1-7(15-4)5-11-13-6-10(8(2)12)9(3)14-11/h6-8H,5,12H2,1-4H3/t7?,8-/m0/s1. The molecule has 2 atom stereocenters. The lowest BCUT2D eigenvalue weighted by molar-refractivity contribution is 0.117. The van der Waals surface area contributed by atoms with Gasteiger partial charge in [-0.15, -0.1) is 0 Å². The van der Waals surface area contributed by atoms with E-state index in [0.29, 0.717) is 0 Å². The van der Waals surface area contributed by atoms with Crippen molar-refractivity contribution in [1.82, 2.24) is 9.97 Å². The zero-order valence-corrected chi connectivity index (χ0v) is 9.82. The Balaban J connectivity index is 2.82. The summed E-state index contributed by atoms with van der Waals surface area (Å²) >= 11 is 0. The fourth-order valence-electron chi connectivity index (χ4n) is 1.41. The van der Waals surface area contributed by atoms with Gasteiger partial charge in [-0.05, 0) is 20.8 Å². The number of nitrogens with zero attached hydrogens (tertiary/aromatic N) is 2. The van der Waals surface area contributed by atoms with Crippen LogP contribution >= 0.6 is 0 Å². The third-order valence-corrected chi connectivity index (χ3v) is 2.43. The molecular formula is C11H19N3O. The Labute approximate surface area is 90.9 Å². The molecule has 0 spiro atoms. The van der Waals surface area contributed by atoms with Gasteiger partial charge in [-0.1, -0.05) is 0 Å². The van der Waals surface area contributed by atoms with Crippen LogP contribution in [0.5, 0.6) is 0 Å². The molecule has 4 heteroatoms. The molecule has 0 aromatic carbocycles. The van der Waals surface area contributed by atoms with E-state index in [1.54, 1.807) is 7.11 Å². The monoisotopic (exact) mass is 209 g/mol. The van der Waals surface area contributed by atoms with Crippen molar-refractivity contribution in [3.05, 3.63) is 23.3 Å². The van der Waals surface area contributed by atoms with Crippen molar-refractivity contribution in [2.45, 2.75) is 39.3 Å². The van der Waals surface area contributed by atoms with Gasteiger partial charge in [0, 0.05) is 37.0 Å². The highest BCUT2D eigenvalue weighted by atomic mass is 16.5. The second-order valence-corrected chi connectivity index (χ2v) is 3.87. The summed E-state index contributed by atoms with van der Waals surface area (Å²) in [4.78, 5) is 8.69. The molecule has 1 unspecified atom stereocenters. The molecule has 0 aliphatic carbocycles. The Hall–Kier alpha value is -1.00. The number of nitrogens with two attached hydrogens (primary N) is 1. The number of hydrogen-bond donors (Lipinski definition) is 1. The Bertz CT molecular complexity index is 326. The molecule has 15 heavy (non-hydrogen) atoms. The molecule has 84 valence electrons. The molecule has 2 N–H and O–H groups in total. The van der Waals surface area contributed by atoms with Crippen molar-refractivity contribution in [3.63, 3.8) is 0 Å². The lowest BCUT2D eigenvalue weighted by atomic mass is 10.1. The van der Waals surface area contributed by atoms with E-state index >= 15 is 0 Å². The molecule has 1 heterocycles. The molecule has 0 saturated heterocycles. The van der Waals surface area contributed by atoms with Crippen LogP contribution in [0.1, 0.15) is 37.0 Å². The topological polar surface area (TPSA) is 61.0 Å². The van der Waals surface area contributed by atoms with Crippen LogP contribution in [0.4, 0.5) is 0 Å². The third-order valence-electron chi connectivity index (χ3n) is 2.43. The highest BCUT2D eigenvalue weighted by molar-refractivity contribution is 5.19. The maximum atomic E-state index is 5.79. The quantitative estimate of drug-likeness (QED) is 0.813. The number of aromatic nitrogens is 2. The SMILES string of the molecule is COC(C)Cc1ncc([C@H](C)N)c(C)n1. The molecule has 0 fully saturated rings. The van der Waals surface area contributed by atoms with E-state index in [-0.39, 0.29) is 12.1 Å². The van der Waals surface area contributed by atoms with Crippen LogP contribution in [0.15, 0.2) is 6.20 Å². The summed E-state index contributed by atoms with van der Waals surface area (Å²) in [6.45, 7) is 5.89. The maximum absolute atomic E-state index is 5.79. The van der Waals surface area contributed by atoms with Crippen molar-refractivity contribution in [1.29, 1.82) is 0 Å². The van der Waals surface area contributed by atoms with E-state index in [4.69, 9.17) is 10.5 Å². The molecule has 0 aliphatic rings. The number of methoxy groups -OCH3 is 1. The van der Waals surface area contributed by atoms with Gasteiger partial charge < -0.3 is 10.5 Å². The zero-order valence-electron chi connectivity index (χ0n) is 9.82. The lowest BCUT2D eigenvalue weighted by Gasteiger charge is -2.11. The summed E-state index contributed by atoms with van der Waals surface area (Å²) in [6.07, 6.45) is 2.69. The first-order chi connectivity index (χ1) is 7.04. The van der Waals surface area contributed by atoms with Crippen LogP contribution < -0.4 is 5.73 Å². The minimum Gasteiger partial charge on any atom is -0.381 e. The number of rotatable bonds is 4. The van der Waals surface area contributed by atoms with Gasteiger partial charge in [-0.25, -0.2) is 9.97 Å². The molecule has 0 amide bonds. The van der Waals surface area contributed by atoms with Gasteiger partial charge >= 0.3 is 0 Å². The Morgan fingerprint density at radius 2 is 2.13 bits per heavy atom. The fraction of sp³-hybridized carbons (Fsp3) is 0.636. The van der Waals surface area contributed by atoms with Crippen LogP contribution in [-0.4, -0.2) is 23.2 Å². The van der Waals surface area contributed by atoms with Gasteiger partial charge in [0.15, 0.2) is 0 Å². The number of hydrogen-bond acceptors (Lipinski definition) is 4. The van der Waals surface area contributed by atoms with Gasteiger partial charge in [0.05, 0.1) is 6.10 Å². The number of ether oxygens (including phenoxy) is 1. The molecule has 0 radical (unpaired) electrons. The van der Waals surface area contributed by atoms with Crippen molar-refractivity contribution < 1.29 is 4.74 Å². The average molecular weight is 209 g/mol. The lowest BCUT2D eigenvalue weighted by Crippen LogP contribution is -2.14. The molecule has 1 aromatic heterocycles. The summed E-state index contributed by atoms with van der Waals surface area (Å²) in [7, 11) is 1.69. The van der Waals surface area contributed by atoms with E-state index in [2.05, 4.69) is 9.97 Å². The first-order valence-electron chi connectivity index (χ1n) is 5.15. The molecule has 0 bridgehead atoms. The molecule has 0 aliphatic heterocycles. The highest BCUT2D eigenvalue weighted by Crippen LogP contribution is 2.12. The van der Waals surface area contributed by atoms with Crippen LogP contribution in [0.2, 0.25) is 0 Å². The molecule has 1 aromatic rings. The second-order valence-electron chi connectivity index (χ2n) is 3.87. The van der Waals surface area contributed by atoms with E-state index in [9.17, 15) is 0 Å². The van der Waals surface area contributed by atoms with Crippen LogP contribution in [0, 0.1) is 6.92 Å². The molecular weight excluding hydrogens is 190 g/mol. The van der Waals surface area contributed by atoms with Gasteiger partial charge in [0.2, 0.25) is 0 Å². The summed E-state index contributed by atoms with van der Waals surface area (Å²) < 4.78 is 5.17. The summed E-state index contributed by atoms with van der Waals surface area (Å²) in [5.41, 5.74) is 7.75. The Kier molecular flexibility index (Phi) is 4.17. The van der Waals surface area contributed by atoms with Gasteiger partial charge in [0.1, 0.15) is 5.82 Å². The van der Waals surface area contributed by atoms with Crippen molar-refractivity contribution in [2.24, 2.45) is 5.73 Å². The average Bonchev–Trinajstić information content (AvgIpc) is 2.17. The van der Waals surface area contributed by atoms with Crippen molar-refractivity contribution in [2.75, 3.05) is 7.11 Å². The van der Waals surface area contributed by atoms with Gasteiger partial charge in [-0.3, -0.25) is 0 Å². The Morgan fingerprint density at radius 1 is 1.47 bits per heavy atom. The van der Waals surface area contributed by atoms with Crippen LogP contribution in [-0.2, 0) is 11.2 Å². The van der Waals surface area contributed by atoms with E-state index in [1.165, 1.54) is 0 Å². The second kappa shape index (κ2) is 5.19. The minimum atomic E-state index is -0.0149. The fourth-order valence-corrected chi connectivity index (χ4v) is 1.41. The molecule has 4 nitrogen and oxygen atoms in total. The minimum absolute atomic E-state index is 0.0149. The highest BCUT2D eigenvalue weighted by Gasteiger charge is 2.09. The largest absolute Gasteiger partial charge is 0.381 e. The summed E-state index contributed by atoms with van der Waals surface area (Å²) in [5, 5.41) is 0.